The number of hydrogen-bond donors (Lipinski definition) is 3. The maximum Gasteiger partial charge on any atom is 0.418 e. The van der Waals surface area contributed by atoms with Gasteiger partial charge in [-0.05, 0) is 44.2 Å². The SMILES string of the molecule is CC1(C(=O)n2nc3c(c2N)CC(N)CC3)CCNc2c(C(F)(F)F)cccc21. The largest absolute Gasteiger partial charge is 0.418 e. The normalized spacial score (nSPS) is 24.2. The van der Waals surface area contributed by atoms with Crippen LogP contribution in [0.5, 0.6) is 0 Å². The lowest BCUT2D eigenvalue weighted by molar-refractivity contribution is -0.137. The van der Waals surface area contributed by atoms with Gasteiger partial charge in [-0.2, -0.15) is 23.0 Å². The van der Waals surface area contributed by atoms with Gasteiger partial charge in [-0.3, -0.25) is 4.79 Å². The molecule has 6 nitrogen and oxygen atoms in total. The summed E-state index contributed by atoms with van der Waals surface area (Å²) >= 11 is 0. The molecule has 0 spiro atoms. The number of carbonyl (C=O) groups excluding carboxylic acids is 1. The Morgan fingerprint density at radius 1 is 1.39 bits per heavy atom. The van der Waals surface area contributed by atoms with Crippen molar-refractivity contribution < 1.29 is 18.0 Å². The first-order valence-electron chi connectivity index (χ1n) is 9.24. The summed E-state index contributed by atoms with van der Waals surface area (Å²) in [4.78, 5) is 13.4. The maximum atomic E-state index is 13.4. The second kappa shape index (κ2) is 6.23. The topological polar surface area (TPSA) is 99.0 Å². The van der Waals surface area contributed by atoms with E-state index in [0.29, 0.717) is 24.8 Å². The van der Waals surface area contributed by atoms with Gasteiger partial charge in [0, 0.05) is 18.2 Å². The van der Waals surface area contributed by atoms with Gasteiger partial charge in [0.2, 0.25) is 0 Å². The van der Waals surface area contributed by atoms with Gasteiger partial charge < -0.3 is 16.8 Å². The van der Waals surface area contributed by atoms with Crippen molar-refractivity contribution in [1.29, 1.82) is 0 Å². The van der Waals surface area contributed by atoms with E-state index < -0.39 is 23.1 Å². The van der Waals surface area contributed by atoms with Gasteiger partial charge in [-0.15, -0.1) is 0 Å². The Morgan fingerprint density at radius 3 is 2.86 bits per heavy atom. The molecule has 1 aliphatic heterocycles. The van der Waals surface area contributed by atoms with Gasteiger partial charge in [0.05, 0.1) is 22.4 Å². The zero-order chi connectivity index (χ0) is 20.3. The minimum Gasteiger partial charge on any atom is -0.384 e. The van der Waals surface area contributed by atoms with Crippen molar-refractivity contribution in [3.8, 4) is 0 Å². The molecule has 2 unspecified atom stereocenters. The number of nitrogen functional groups attached to an aromatic ring is 1. The molecule has 0 bridgehead atoms. The van der Waals surface area contributed by atoms with Crippen LogP contribution in [0.2, 0.25) is 0 Å². The predicted molar refractivity (Wildman–Crippen MR) is 99.2 cm³/mol. The zero-order valence-corrected chi connectivity index (χ0v) is 15.4. The van der Waals surface area contributed by atoms with Crippen LogP contribution in [0.1, 0.15) is 46.9 Å². The van der Waals surface area contributed by atoms with Crippen molar-refractivity contribution in [1.82, 2.24) is 9.78 Å². The highest BCUT2D eigenvalue weighted by Gasteiger charge is 2.45. The minimum atomic E-state index is -4.51. The maximum absolute atomic E-state index is 13.4. The van der Waals surface area contributed by atoms with E-state index in [1.54, 1.807) is 13.0 Å². The third-order valence-electron chi connectivity index (χ3n) is 5.88. The molecule has 0 radical (unpaired) electrons. The number of rotatable bonds is 1. The molecule has 150 valence electrons. The van der Waals surface area contributed by atoms with E-state index in [-0.39, 0.29) is 24.1 Å². The Kier molecular flexibility index (Phi) is 4.18. The molecule has 1 aromatic heterocycles. The first-order chi connectivity index (χ1) is 13.1. The van der Waals surface area contributed by atoms with Crippen molar-refractivity contribution in [3.63, 3.8) is 0 Å². The highest BCUT2D eigenvalue weighted by molar-refractivity contribution is 5.94. The van der Waals surface area contributed by atoms with E-state index in [1.165, 1.54) is 6.07 Å². The van der Waals surface area contributed by atoms with E-state index in [4.69, 9.17) is 11.5 Å². The summed E-state index contributed by atoms with van der Waals surface area (Å²) in [5.41, 5.74) is 12.0. The number of aromatic nitrogens is 2. The van der Waals surface area contributed by atoms with E-state index in [9.17, 15) is 18.0 Å². The molecule has 4 rings (SSSR count). The van der Waals surface area contributed by atoms with Crippen LogP contribution >= 0.6 is 0 Å². The number of nitrogens with zero attached hydrogens (tertiary/aromatic N) is 2. The van der Waals surface area contributed by atoms with Gasteiger partial charge in [-0.25, -0.2) is 0 Å². The summed E-state index contributed by atoms with van der Waals surface area (Å²) in [6.45, 7) is 1.90. The Hall–Kier alpha value is -2.55. The first kappa shape index (κ1) is 18.8. The Morgan fingerprint density at radius 2 is 2.14 bits per heavy atom. The molecule has 1 aromatic carbocycles. The first-order valence-corrected chi connectivity index (χ1v) is 9.24. The Balaban J connectivity index is 1.80. The van der Waals surface area contributed by atoms with E-state index in [1.807, 2.05) is 0 Å². The zero-order valence-electron chi connectivity index (χ0n) is 15.4. The lowest BCUT2D eigenvalue weighted by Crippen LogP contribution is -2.43. The summed E-state index contributed by atoms with van der Waals surface area (Å²) in [7, 11) is 0. The van der Waals surface area contributed by atoms with Gasteiger partial charge in [0.1, 0.15) is 5.82 Å². The average Bonchev–Trinajstić information content (AvgIpc) is 2.96. The van der Waals surface area contributed by atoms with Crippen LogP contribution in [0, 0.1) is 0 Å². The van der Waals surface area contributed by atoms with E-state index >= 15 is 0 Å². The second-order valence-electron chi connectivity index (χ2n) is 7.77. The molecule has 0 saturated carbocycles. The van der Waals surface area contributed by atoms with Gasteiger partial charge in [-0.1, -0.05) is 12.1 Å². The monoisotopic (exact) mass is 393 g/mol. The molecule has 28 heavy (non-hydrogen) atoms. The summed E-state index contributed by atoms with van der Waals surface area (Å²) in [6, 6.07) is 3.87. The molecule has 0 fully saturated rings. The lowest BCUT2D eigenvalue weighted by atomic mass is 9.74. The smallest absolute Gasteiger partial charge is 0.384 e. The molecule has 0 saturated heterocycles. The van der Waals surface area contributed by atoms with Crippen molar-refractivity contribution in [2.75, 3.05) is 17.6 Å². The van der Waals surface area contributed by atoms with Crippen LogP contribution in [-0.2, 0) is 24.4 Å². The van der Waals surface area contributed by atoms with Gasteiger partial charge >= 0.3 is 6.18 Å². The summed E-state index contributed by atoms with van der Waals surface area (Å²) in [5.74, 6) is -0.182. The number of nitrogens with two attached hydrogens (primary N) is 2. The van der Waals surface area contributed by atoms with Crippen molar-refractivity contribution in [2.24, 2.45) is 5.73 Å². The number of para-hydroxylation sites is 1. The van der Waals surface area contributed by atoms with Crippen LogP contribution in [0.4, 0.5) is 24.7 Å². The molecule has 2 atom stereocenters. The Labute approximate surface area is 160 Å². The highest BCUT2D eigenvalue weighted by atomic mass is 19.4. The number of hydrogen-bond acceptors (Lipinski definition) is 5. The Bertz CT molecular complexity index is 952. The summed E-state index contributed by atoms with van der Waals surface area (Å²) in [5, 5.41) is 7.21. The number of fused-ring (bicyclic) bond motifs is 2. The number of anilines is 2. The molecule has 5 N–H and O–H groups in total. The number of carbonyl (C=O) groups is 1. The molecule has 2 heterocycles. The molecule has 1 aliphatic carbocycles. The van der Waals surface area contributed by atoms with Crippen LogP contribution in [-0.4, -0.2) is 28.3 Å². The third kappa shape index (κ3) is 2.76. The predicted octanol–water partition coefficient (Wildman–Crippen LogP) is 2.71. The lowest BCUT2D eigenvalue weighted by Gasteiger charge is -2.36. The minimum absolute atomic E-state index is 0.0351. The number of nitrogens with one attached hydrogen (secondary N) is 1. The fourth-order valence-electron chi connectivity index (χ4n) is 4.24. The number of alkyl halides is 3. The van der Waals surface area contributed by atoms with Crippen LogP contribution in [0.15, 0.2) is 18.2 Å². The van der Waals surface area contributed by atoms with Gasteiger partial charge in [0.15, 0.2) is 0 Å². The standard InChI is InChI=1S/C19H22F3N5O/c1-18(7-8-25-15-12(18)3-2-4-13(15)19(20,21)22)17(28)27-16(24)11-9-10(23)5-6-14(11)26-27/h2-4,10,25H,5-9,23-24H2,1H3. The molecular weight excluding hydrogens is 371 g/mol. The highest BCUT2D eigenvalue weighted by Crippen LogP contribution is 2.45. The van der Waals surface area contributed by atoms with E-state index in [0.717, 1.165) is 28.4 Å². The third-order valence-corrected chi connectivity index (χ3v) is 5.88. The number of aryl methyl sites for hydroxylation is 1. The average molecular weight is 393 g/mol. The molecule has 2 aromatic rings. The van der Waals surface area contributed by atoms with Crippen molar-refractivity contribution >= 4 is 17.4 Å². The molecule has 0 amide bonds. The number of halogens is 3. The fourth-order valence-corrected chi connectivity index (χ4v) is 4.24. The molecule has 2 aliphatic rings. The molecule has 9 heteroatoms. The number of benzene rings is 1. The fraction of sp³-hybridized carbons (Fsp3) is 0.474. The van der Waals surface area contributed by atoms with Crippen LogP contribution in [0.25, 0.3) is 0 Å². The van der Waals surface area contributed by atoms with Crippen LogP contribution < -0.4 is 16.8 Å². The van der Waals surface area contributed by atoms with Gasteiger partial charge in [0.25, 0.3) is 5.91 Å². The van der Waals surface area contributed by atoms with Crippen molar-refractivity contribution in [3.05, 3.63) is 40.6 Å². The van der Waals surface area contributed by atoms with Crippen molar-refractivity contribution in [2.45, 2.75) is 50.2 Å². The summed E-state index contributed by atoms with van der Waals surface area (Å²) in [6.07, 6.45) is -2.24. The summed E-state index contributed by atoms with van der Waals surface area (Å²) < 4.78 is 41.5. The van der Waals surface area contributed by atoms with E-state index in [2.05, 4.69) is 10.4 Å². The second-order valence-corrected chi connectivity index (χ2v) is 7.77. The van der Waals surface area contributed by atoms with Crippen LogP contribution in [0.3, 0.4) is 0 Å². The molecular formula is C19H22F3N5O. The quantitative estimate of drug-likeness (QED) is 0.692.